The lowest BCUT2D eigenvalue weighted by molar-refractivity contribution is 0.813. The number of halogens is 2. The molecule has 1 radical (unpaired) electrons. The summed E-state index contributed by atoms with van der Waals surface area (Å²) in [6.07, 6.45) is 4.55. The van der Waals surface area contributed by atoms with Crippen LogP contribution in [0.5, 0.6) is 0 Å². The maximum Gasteiger partial charge on any atom is 0.209 e. The Morgan fingerprint density at radius 1 is 1.30 bits per heavy atom. The zero-order valence-corrected chi connectivity index (χ0v) is 13.8. The number of aromatic nitrogens is 3. The summed E-state index contributed by atoms with van der Waals surface area (Å²) in [5.41, 5.74) is 0.869. The minimum absolute atomic E-state index is 0.518. The maximum atomic E-state index is 6.04. The molecule has 2 aromatic rings. The zero-order chi connectivity index (χ0) is 14.5. The molecule has 6 heteroatoms. The van der Waals surface area contributed by atoms with Gasteiger partial charge < -0.3 is 0 Å². The number of unbranched alkanes of at least 4 members (excludes halogenated alkanes) is 2. The summed E-state index contributed by atoms with van der Waals surface area (Å²) in [5, 5.41) is 6.33. The Kier molecular flexibility index (Phi) is 5.75. The van der Waals surface area contributed by atoms with E-state index in [0.29, 0.717) is 10.0 Å². The lowest BCUT2D eigenvalue weighted by Gasteiger charge is -2.04. The van der Waals surface area contributed by atoms with Gasteiger partial charge in [-0.15, -0.1) is 5.10 Å². The SMILES string of the molecule is CCC[CH]CSc1nc(C)n(-c2ccc(Cl)c(Cl)c2)n1. The predicted octanol–water partition coefficient (Wildman–Crippen LogP) is 4.98. The van der Waals surface area contributed by atoms with Gasteiger partial charge in [-0.3, -0.25) is 0 Å². The van der Waals surface area contributed by atoms with Crippen LogP contribution < -0.4 is 0 Å². The van der Waals surface area contributed by atoms with E-state index in [1.54, 1.807) is 28.6 Å². The van der Waals surface area contributed by atoms with Gasteiger partial charge in [0.25, 0.3) is 0 Å². The number of aryl methyl sites for hydroxylation is 1. The molecule has 0 bridgehead atoms. The highest BCUT2D eigenvalue weighted by molar-refractivity contribution is 7.99. The van der Waals surface area contributed by atoms with Gasteiger partial charge in [-0.25, -0.2) is 9.67 Å². The first kappa shape index (κ1) is 15.7. The van der Waals surface area contributed by atoms with Gasteiger partial charge in [-0.05, 0) is 38.0 Å². The fourth-order valence-corrected chi connectivity index (χ4v) is 2.77. The van der Waals surface area contributed by atoms with Crippen molar-refractivity contribution in [2.45, 2.75) is 31.8 Å². The molecular formula is C14H16Cl2N3S. The summed E-state index contributed by atoms with van der Waals surface area (Å²) in [4.78, 5) is 4.46. The van der Waals surface area contributed by atoms with Crippen LogP contribution in [0.4, 0.5) is 0 Å². The van der Waals surface area contributed by atoms with Gasteiger partial charge in [0.05, 0.1) is 15.7 Å². The quantitative estimate of drug-likeness (QED) is 0.553. The largest absolute Gasteiger partial charge is 0.217 e. The topological polar surface area (TPSA) is 30.7 Å². The molecule has 107 valence electrons. The van der Waals surface area contributed by atoms with Crippen molar-refractivity contribution in [2.24, 2.45) is 0 Å². The number of thioether (sulfide) groups is 1. The van der Waals surface area contributed by atoms with Crippen molar-refractivity contribution in [2.75, 3.05) is 5.75 Å². The van der Waals surface area contributed by atoms with Gasteiger partial charge >= 0.3 is 0 Å². The number of rotatable bonds is 6. The van der Waals surface area contributed by atoms with Crippen molar-refractivity contribution in [1.82, 2.24) is 14.8 Å². The highest BCUT2D eigenvalue weighted by Crippen LogP contribution is 2.25. The minimum Gasteiger partial charge on any atom is -0.217 e. The van der Waals surface area contributed by atoms with Crippen LogP contribution in [-0.4, -0.2) is 20.5 Å². The molecule has 20 heavy (non-hydrogen) atoms. The Labute approximate surface area is 133 Å². The summed E-state index contributed by atoms with van der Waals surface area (Å²) in [6.45, 7) is 4.10. The fourth-order valence-electron chi connectivity index (χ4n) is 1.71. The van der Waals surface area contributed by atoms with E-state index in [1.807, 2.05) is 13.0 Å². The molecule has 0 saturated carbocycles. The molecular weight excluding hydrogens is 313 g/mol. The molecule has 1 aromatic heterocycles. The molecule has 0 aliphatic heterocycles. The Hall–Kier alpha value is -0.710. The first-order valence-electron chi connectivity index (χ1n) is 6.45. The van der Waals surface area contributed by atoms with Crippen LogP contribution in [0.15, 0.2) is 23.4 Å². The van der Waals surface area contributed by atoms with Crippen molar-refractivity contribution in [1.29, 1.82) is 0 Å². The molecule has 3 nitrogen and oxygen atoms in total. The van der Waals surface area contributed by atoms with Crippen molar-refractivity contribution < 1.29 is 0 Å². The fraction of sp³-hybridized carbons (Fsp3) is 0.357. The highest BCUT2D eigenvalue weighted by Gasteiger charge is 2.09. The number of nitrogens with zero attached hydrogens (tertiary/aromatic N) is 3. The summed E-state index contributed by atoms with van der Waals surface area (Å²) in [7, 11) is 0. The highest BCUT2D eigenvalue weighted by atomic mass is 35.5. The van der Waals surface area contributed by atoms with Crippen molar-refractivity contribution in [3.05, 3.63) is 40.5 Å². The first-order valence-corrected chi connectivity index (χ1v) is 8.19. The second-order valence-electron chi connectivity index (χ2n) is 4.34. The molecule has 1 aromatic carbocycles. The monoisotopic (exact) mass is 328 g/mol. The molecule has 0 amide bonds. The standard InChI is InChI=1S/C14H16Cl2N3S/c1-3-4-5-8-20-14-17-10(2)19(18-14)11-6-7-12(15)13(16)9-11/h5-7,9H,3-4,8H2,1-2H3. The number of hydrogen-bond acceptors (Lipinski definition) is 3. The maximum absolute atomic E-state index is 6.04. The molecule has 0 N–H and O–H groups in total. The van der Waals surface area contributed by atoms with Crippen LogP contribution in [0.2, 0.25) is 10.0 Å². The second kappa shape index (κ2) is 7.34. The van der Waals surface area contributed by atoms with Crippen LogP contribution in [0.1, 0.15) is 25.6 Å². The van der Waals surface area contributed by atoms with E-state index in [9.17, 15) is 0 Å². The molecule has 2 rings (SSSR count). The van der Waals surface area contributed by atoms with Gasteiger partial charge in [0, 0.05) is 5.75 Å². The van der Waals surface area contributed by atoms with Crippen molar-refractivity contribution in [3.8, 4) is 5.69 Å². The molecule has 1 heterocycles. The molecule has 0 saturated heterocycles. The molecule has 0 atom stereocenters. The average molecular weight is 329 g/mol. The smallest absolute Gasteiger partial charge is 0.209 e. The minimum atomic E-state index is 0.518. The van der Waals surface area contributed by atoms with Crippen molar-refractivity contribution in [3.63, 3.8) is 0 Å². The average Bonchev–Trinajstić information content (AvgIpc) is 2.79. The van der Waals surface area contributed by atoms with Crippen LogP contribution in [0.25, 0.3) is 5.69 Å². The van der Waals surface area contributed by atoms with E-state index in [4.69, 9.17) is 23.2 Å². The van der Waals surface area contributed by atoms with Gasteiger partial charge in [0.1, 0.15) is 5.82 Å². The molecule has 0 aliphatic rings. The molecule has 0 unspecified atom stereocenters. The van der Waals surface area contributed by atoms with Crippen LogP contribution >= 0.6 is 35.0 Å². The third kappa shape index (κ3) is 3.90. The zero-order valence-electron chi connectivity index (χ0n) is 11.4. The Bertz CT molecular complexity index is 584. The lowest BCUT2D eigenvalue weighted by Crippen LogP contribution is -1.99. The van der Waals surface area contributed by atoms with Gasteiger partial charge in [0.2, 0.25) is 5.16 Å². The summed E-state index contributed by atoms with van der Waals surface area (Å²) >= 11 is 13.6. The third-order valence-corrected chi connectivity index (χ3v) is 4.29. The normalized spacial score (nSPS) is 11.0. The molecule has 0 fully saturated rings. The van der Waals surface area contributed by atoms with E-state index in [2.05, 4.69) is 23.4 Å². The van der Waals surface area contributed by atoms with Gasteiger partial charge in [-0.2, -0.15) is 0 Å². The lowest BCUT2D eigenvalue weighted by atomic mass is 10.3. The Morgan fingerprint density at radius 2 is 2.10 bits per heavy atom. The van der Waals surface area contributed by atoms with E-state index in [1.165, 1.54) is 6.42 Å². The van der Waals surface area contributed by atoms with E-state index < -0.39 is 0 Å². The Morgan fingerprint density at radius 3 is 2.80 bits per heavy atom. The number of hydrogen-bond donors (Lipinski definition) is 0. The molecule has 0 aliphatic carbocycles. The first-order chi connectivity index (χ1) is 9.61. The van der Waals surface area contributed by atoms with Crippen molar-refractivity contribution >= 4 is 35.0 Å². The van der Waals surface area contributed by atoms with Crippen LogP contribution in [0, 0.1) is 13.3 Å². The van der Waals surface area contributed by atoms with Gasteiger partial charge in [0.15, 0.2) is 0 Å². The van der Waals surface area contributed by atoms with E-state index in [0.717, 1.165) is 28.8 Å². The van der Waals surface area contributed by atoms with Crippen LogP contribution in [-0.2, 0) is 0 Å². The predicted molar refractivity (Wildman–Crippen MR) is 86.0 cm³/mol. The summed E-state index contributed by atoms with van der Waals surface area (Å²) in [5.74, 6) is 1.76. The summed E-state index contributed by atoms with van der Waals surface area (Å²) in [6, 6.07) is 5.44. The number of benzene rings is 1. The second-order valence-corrected chi connectivity index (χ2v) is 6.14. The van der Waals surface area contributed by atoms with Gasteiger partial charge in [-0.1, -0.05) is 48.3 Å². The molecule has 0 spiro atoms. The van der Waals surface area contributed by atoms with E-state index in [-0.39, 0.29) is 0 Å². The van der Waals surface area contributed by atoms with E-state index >= 15 is 0 Å². The van der Waals surface area contributed by atoms with Crippen LogP contribution in [0.3, 0.4) is 0 Å². The third-order valence-electron chi connectivity index (χ3n) is 2.72. The Balaban J connectivity index is 2.12. The summed E-state index contributed by atoms with van der Waals surface area (Å²) < 4.78 is 1.78.